The Balaban J connectivity index is 1.61. The van der Waals surface area contributed by atoms with Crippen molar-refractivity contribution in [2.45, 2.75) is 33.1 Å². The Morgan fingerprint density at radius 3 is 2.62 bits per heavy atom. The summed E-state index contributed by atoms with van der Waals surface area (Å²) in [7, 11) is 0. The number of aromatic nitrogens is 2. The van der Waals surface area contributed by atoms with E-state index in [1.165, 1.54) is 24.9 Å². The van der Waals surface area contributed by atoms with Crippen molar-refractivity contribution >= 4 is 23.1 Å². The van der Waals surface area contributed by atoms with E-state index in [-0.39, 0.29) is 5.91 Å². The minimum Gasteiger partial charge on any atom is -0.372 e. The summed E-state index contributed by atoms with van der Waals surface area (Å²) in [6.45, 7) is 7.40. The van der Waals surface area contributed by atoms with E-state index in [0.29, 0.717) is 11.5 Å². The highest BCUT2D eigenvalue weighted by atomic mass is 16.1. The molecule has 3 rings (SSSR count). The molecule has 138 valence electrons. The molecule has 2 N–H and O–H groups in total. The van der Waals surface area contributed by atoms with Crippen molar-refractivity contribution in [2.24, 2.45) is 5.92 Å². The summed E-state index contributed by atoms with van der Waals surface area (Å²) in [5.41, 5.74) is 2.33. The summed E-state index contributed by atoms with van der Waals surface area (Å²) in [4.78, 5) is 23.0. The number of amides is 1. The highest BCUT2D eigenvalue weighted by Crippen LogP contribution is 2.24. The van der Waals surface area contributed by atoms with Crippen LogP contribution in [0.3, 0.4) is 0 Å². The van der Waals surface area contributed by atoms with Gasteiger partial charge in [0.25, 0.3) is 5.91 Å². The third-order valence-electron chi connectivity index (χ3n) is 4.73. The van der Waals surface area contributed by atoms with Gasteiger partial charge in [0.2, 0.25) is 0 Å². The molecule has 0 atom stereocenters. The van der Waals surface area contributed by atoms with E-state index in [9.17, 15) is 4.79 Å². The first-order valence-electron chi connectivity index (χ1n) is 9.38. The summed E-state index contributed by atoms with van der Waals surface area (Å²) in [6, 6.07) is 9.71. The number of hydrogen-bond donors (Lipinski definition) is 2. The van der Waals surface area contributed by atoms with Crippen LogP contribution in [0.1, 0.15) is 43.6 Å². The van der Waals surface area contributed by atoms with Gasteiger partial charge >= 0.3 is 0 Å². The molecule has 1 fully saturated rings. The van der Waals surface area contributed by atoms with Crippen LogP contribution in [0, 0.1) is 5.92 Å². The molecule has 6 heteroatoms. The van der Waals surface area contributed by atoms with E-state index in [2.05, 4.69) is 51.5 Å². The smallest absolute Gasteiger partial charge is 0.274 e. The number of benzene rings is 1. The molecule has 1 aliphatic heterocycles. The lowest BCUT2D eigenvalue weighted by Gasteiger charge is -2.32. The van der Waals surface area contributed by atoms with Gasteiger partial charge in [-0.15, -0.1) is 0 Å². The maximum absolute atomic E-state index is 12.4. The third-order valence-corrected chi connectivity index (χ3v) is 4.73. The second-order valence-electron chi connectivity index (χ2n) is 6.89. The monoisotopic (exact) mass is 353 g/mol. The van der Waals surface area contributed by atoms with Crippen LogP contribution in [-0.4, -0.2) is 35.5 Å². The fourth-order valence-electron chi connectivity index (χ4n) is 3.05. The maximum atomic E-state index is 12.4. The van der Waals surface area contributed by atoms with Crippen LogP contribution in [0.15, 0.2) is 36.7 Å². The summed E-state index contributed by atoms with van der Waals surface area (Å²) in [6.07, 6.45) is 4.88. The van der Waals surface area contributed by atoms with Crippen LogP contribution in [0.25, 0.3) is 0 Å². The Morgan fingerprint density at radius 2 is 1.92 bits per heavy atom. The van der Waals surface area contributed by atoms with Crippen LogP contribution in [0.5, 0.6) is 0 Å². The number of nitrogens with one attached hydrogen (secondary N) is 2. The van der Waals surface area contributed by atoms with Crippen LogP contribution < -0.4 is 15.5 Å². The Kier molecular flexibility index (Phi) is 6.04. The quantitative estimate of drug-likeness (QED) is 0.827. The van der Waals surface area contributed by atoms with E-state index >= 15 is 0 Å². The first-order valence-corrected chi connectivity index (χ1v) is 9.38. The standard InChI is InChI=1S/C20H27N5O/c1-3-10-21-19-13-18(22-14-23-19)20(26)24-16-4-6-17(7-5-16)25-11-8-15(2)9-12-25/h4-7,13-15H,3,8-12H2,1-2H3,(H,24,26)(H,21,22,23). The lowest BCUT2D eigenvalue weighted by molar-refractivity contribution is 0.102. The van der Waals surface area contributed by atoms with E-state index in [4.69, 9.17) is 0 Å². The Morgan fingerprint density at radius 1 is 1.19 bits per heavy atom. The number of nitrogens with zero attached hydrogens (tertiary/aromatic N) is 3. The van der Waals surface area contributed by atoms with Gasteiger partial charge in [-0.05, 0) is 49.4 Å². The van der Waals surface area contributed by atoms with Gasteiger partial charge in [0, 0.05) is 37.1 Å². The van der Waals surface area contributed by atoms with Gasteiger partial charge in [-0.3, -0.25) is 4.79 Å². The highest BCUT2D eigenvalue weighted by molar-refractivity contribution is 6.03. The molecule has 1 aromatic heterocycles. The minimum atomic E-state index is -0.230. The molecule has 0 saturated carbocycles. The van der Waals surface area contributed by atoms with Crippen molar-refractivity contribution < 1.29 is 4.79 Å². The molecular weight excluding hydrogens is 326 g/mol. The molecule has 0 aliphatic carbocycles. The molecular formula is C20H27N5O. The van der Waals surface area contributed by atoms with Crippen LogP contribution >= 0.6 is 0 Å². The van der Waals surface area contributed by atoms with Crippen molar-refractivity contribution in [2.75, 3.05) is 35.2 Å². The van der Waals surface area contributed by atoms with E-state index in [0.717, 1.165) is 37.7 Å². The van der Waals surface area contributed by atoms with Crippen molar-refractivity contribution in [3.05, 3.63) is 42.4 Å². The average molecular weight is 353 g/mol. The van der Waals surface area contributed by atoms with Gasteiger partial charge in [-0.1, -0.05) is 13.8 Å². The topological polar surface area (TPSA) is 70.2 Å². The van der Waals surface area contributed by atoms with Crippen LogP contribution in [0.4, 0.5) is 17.2 Å². The molecule has 1 amide bonds. The summed E-state index contributed by atoms with van der Waals surface area (Å²) >= 11 is 0. The molecule has 2 heterocycles. The van der Waals surface area contributed by atoms with E-state index < -0.39 is 0 Å². The lowest BCUT2D eigenvalue weighted by Crippen LogP contribution is -2.32. The number of hydrogen-bond acceptors (Lipinski definition) is 5. The minimum absolute atomic E-state index is 0.230. The number of carbonyl (C=O) groups excluding carboxylic acids is 1. The Labute approximate surface area is 155 Å². The van der Waals surface area contributed by atoms with E-state index in [1.54, 1.807) is 6.07 Å². The zero-order valence-corrected chi connectivity index (χ0v) is 15.5. The molecule has 6 nitrogen and oxygen atoms in total. The molecule has 0 bridgehead atoms. The molecule has 1 aliphatic rings. The lowest BCUT2D eigenvalue weighted by atomic mass is 9.99. The van der Waals surface area contributed by atoms with Gasteiger partial charge in [-0.25, -0.2) is 9.97 Å². The number of carbonyl (C=O) groups is 1. The summed E-state index contributed by atoms with van der Waals surface area (Å²) in [5, 5.41) is 6.07. The van der Waals surface area contributed by atoms with Crippen molar-refractivity contribution in [3.63, 3.8) is 0 Å². The molecule has 1 saturated heterocycles. The van der Waals surface area contributed by atoms with E-state index in [1.807, 2.05) is 12.1 Å². The molecule has 0 unspecified atom stereocenters. The van der Waals surface area contributed by atoms with Crippen molar-refractivity contribution in [1.29, 1.82) is 0 Å². The predicted octanol–water partition coefficient (Wildman–Crippen LogP) is 3.79. The fraction of sp³-hybridized carbons (Fsp3) is 0.450. The second kappa shape index (κ2) is 8.65. The molecule has 1 aromatic carbocycles. The molecule has 26 heavy (non-hydrogen) atoms. The third kappa shape index (κ3) is 4.71. The molecule has 0 radical (unpaired) electrons. The normalized spacial score (nSPS) is 14.9. The van der Waals surface area contributed by atoms with Gasteiger partial charge in [0.15, 0.2) is 0 Å². The predicted molar refractivity (Wildman–Crippen MR) is 106 cm³/mol. The SMILES string of the molecule is CCCNc1cc(C(=O)Nc2ccc(N3CCC(C)CC3)cc2)ncn1. The van der Waals surface area contributed by atoms with Crippen molar-refractivity contribution in [1.82, 2.24) is 9.97 Å². The number of anilines is 3. The van der Waals surface area contributed by atoms with Gasteiger partial charge in [0.1, 0.15) is 17.8 Å². The molecule has 2 aromatic rings. The maximum Gasteiger partial charge on any atom is 0.274 e. The summed E-state index contributed by atoms with van der Waals surface area (Å²) in [5.74, 6) is 1.25. The van der Waals surface area contributed by atoms with Gasteiger partial charge in [-0.2, -0.15) is 0 Å². The first kappa shape index (κ1) is 18.2. The van der Waals surface area contributed by atoms with Crippen LogP contribution in [-0.2, 0) is 0 Å². The van der Waals surface area contributed by atoms with Gasteiger partial charge < -0.3 is 15.5 Å². The van der Waals surface area contributed by atoms with Crippen LogP contribution in [0.2, 0.25) is 0 Å². The second-order valence-corrected chi connectivity index (χ2v) is 6.89. The van der Waals surface area contributed by atoms with Crippen molar-refractivity contribution in [3.8, 4) is 0 Å². The fourth-order valence-corrected chi connectivity index (χ4v) is 3.05. The summed E-state index contributed by atoms with van der Waals surface area (Å²) < 4.78 is 0. The zero-order chi connectivity index (χ0) is 18.4. The Hall–Kier alpha value is -2.63. The Bertz CT molecular complexity index is 723. The largest absolute Gasteiger partial charge is 0.372 e. The van der Waals surface area contributed by atoms with Gasteiger partial charge in [0.05, 0.1) is 0 Å². The zero-order valence-electron chi connectivity index (χ0n) is 15.5. The molecule has 0 spiro atoms. The average Bonchev–Trinajstić information content (AvgIpc) is 2.68. The number of rotatable bonds is 6. The highest BCUT2D eigenvalue weighted by Gasteiger charge is 2.16. The first-order chi connectivity index (χ1) is 12.7. The number of piperidine rings is 1.